The molecule has 0 unspecified atom stereocenters. The number of fused-ring (bicyclic) bond motifs is 4. The van der Waals surface area contributed by atoms with Crippen LogP contribution in [0, 0.1) is 6.92 Å². The van der Waals surface area contributed by atoms with Gasteiger partial charge in [-0.3, -0.25) is 0 Å². The molecular weight excluding hydrogens is 399 g/mol. The van der Waals surface area contributed by atoms with E-state index in [1.165, 1.54) is 10.7 Å². The van der Waals surface area contributed by atoms with Gasteiger partial charge in [0.15, 0.2) is 7.05 Å². The molecule has 6 aromatic rings. The van der Waals surface area contributed by atoms with Gasteiger partial charge < -0.3 is 4.40 Å². The maximum Gasteiger partial charge on any atom is 0.439 e. The van der Waals surface area contributed by atoms with Crippen molar-refractivity contribution in [3.63, 3.8) is 0 Å². The molecule has 0 amide bonds. The minimum absolute atomic E-state index is 0.108. The Hall–Kier alpha value is -3.67. The number of rotatable bonds is 1. The fourth-order valence-electron chi connectivity index (χ4n) is 5.00. The maximum absolute atomic E-state index is 13.7. The van der Waals surface area contributed by atoms with Gasteiger partial charge in [-0.25, -0.2) is 0 Å². The summed E-state index contributed by atoms with van der Waals surface area (Å²) < 4.78 is 44.7. The number of hydrogen-bond acceptors (Lipinski definition) is 1. The lowest BCUT2D eigenvalue weighted by Crippen LogP contribution is -2.38. The molecule has 0 aliphatic rings. The highest BCUT2D eigenvalue weighted by atomic mass is 19.4. The van der Waals surface area contributed by atoms with Gasteiger partial charge in [-0.2, -0.15) is 13.2 Å². The molecule has 0 spiro atoms. The quantitative estimate of drug-likeness (QED) is 0.299. The zero-order valence-corrected chi connectivity index (χ0v) is 16.8. The first kappa shape index (κ1) is 18.1. The van der Waals surface area contributed by atoms with E-state index in [4.69, 9.17) is 0 Å². The Bertz CT molecular complexity index is 1640. The lowest BCUT2D eigenvalue weighted by atomic mass is 9.99. The standard InChI is InChI=1S/C25H17F3N3/c1-14-21(19-12-7-11-16-15-8-5-6-13-20(15)31(14)22(16)19)23-17-9-3-4-10-18(17)24(25(26,27)28)29-30(23)2/h3-13H,1-2H3/q+1. The third kappa shape index (κ3) is 2.30. The Morgan fingerprint density at radius 1 is 0.774 bits per heavy atom. The second kappa shape index (κ2) is 5.94. The van der Waals surface area contributed by atoms with Crippen LogP contribution in [0.15, 0.2) is 66.7 Å². The van der Waals surface area contributed by atoms with Gasteiger partial charge in [0.05, 0.1) is 22.0 Å². The second-order valence-electron chi connectivity index (χ2n) is 7.88. The van der Waals surface area contributed by atoms with E-state index >= 15 is 0 Å². The summed E-state index contributed by atoms with van der Waals surface area (Å²) in [6.45, 7) is 2.02. The van der Waals surface area contributed by atoms with E-state index in [9.17, 15) is 13.2 Å². The van der Waals surface area contributed by atoms with Crippen molar-refractivity contribution in [2.24, 2.45) is 7.05 Å². The lowest BCUT2D eigenvalue weighted by molar-refractivity contribution is -0.720. The Balaban J connectivity index is 1.82. The van der Waals surface area contributed by atoms with Crippen LogP contribution >= 0.6 is 0 Å². The highest BCUT2D eigenvalue weighted by Gasteiger charge is 2.39. The van der Waals surface area contributed by atoms with Crippen LogP contribution in [0.5, 0.6) is 0 Å². The van der Waals surface area contributed by atoms with E-state index in [2.05, 4.69) is 27.7 Å². The van der Waals surface area contributed by atoms with Gasteiger partial charge in [0, 0.05) is 32.3 Å². The van der Waals surface area contributed by atoms with Crippen molar-refractivity contribution in [1.29, 1.82) is 0 Å². The van der Waals surface area contributed by atoms with Crippen molar-refractivity contribution in [3.05, 3.63) is 78.1 Å². The predicted octanol–water partition coefficient (Wildman–Crippen LogP) is 6.05. The zero-order valence-electron chi connectivity index (χ0n) is 16.8. The molecule has 0 bridgehead atoms. The Morgan fingerprint density at radius 3 is 2.13 bits per heavy atom. The minimum Gasteiger partial charge on any atom is -0.312 e. The van der Waals surface area contributed by atoms with Crippen LogP contribution in [0.4, 0.5) is 13.2 Å². The molecule has 0 fully saturated rings. The molecule has 0 N–H and O–H groups in total. The van der Waals surface area contributed by atoms with E-state index in [1.807, 2.05) is 31.2 Å². The van der Waals surface area contributed by atoms with Gasteiger partial charge >= 0.3 is 6.18 Å². The largest absolute Gasteiger partial charge is 0.439 e. The molecular formula is C25H17F3N3+. The van der Waals surface area contributed by atoms with E-state index in [0.717, 1.165) is 38.4 Å². The summed E-state index contributed by atoms with van der Waals surface area (Å²) in [7, 11) is 1.59. The summed E-state index contributed by atoms with van der Waals surface area (Å²) in [5, 5.41) is 7.92. The van der Waals surface area contributed by atoms with Gasteiger partial charge in [-0.15, -0.1) is 0 Å². The number of aryl methyl sites for hydroxylation is 2. The molecule has 6 rings (SSSR count). The van der Waals surface area contributed by atoms with Crippen molar-refractivity contribution >= 4 is 38.0 Å². The number of nitrogens with zero attached hydrogens (tertiary/aromatic N) is 3. The summed E-state index contributed by atoms with van der Waals surface area (Å²) in [6, 6.07) is 21.0. The number of alkyl halides is 3. The van der Waals surface area contributed by atoms with E-state index in [0.29, 0.717) is 11.1 Å². The number of para-hydroxylation sites is 2. The SMILES string of the molecule is Cc1c(-c2c3ccccc3c(C(F)(F)F)n[n+]2C)c2cccc3c4ccccc4n1c23. The number of hydrogen-bond donors (Lipinski definition) is 0. The van der Waals surface area contributed by atoms with Crippen LogP contribution < -0.4 is 4.68 Å². The van der Waals surface area contributed by atoms with Crippen LogP contribution in [0.2, 0.25) is 0 Å². The Morgan fingerprint density at radius 2 is 1.39 bits per heavy atom. The van der Waals surface area contributed by atoms with Crippen LogP contribution in [-0.4, -0.2) is 9.50 Å². The monoisotopic (exact) mass is 416 g/mol. The third-order valence-electron chi connectivity index (χ3n) is 6.18. The molecule has 152 valence electrons. The molecule has 0 radical (unpaired) electrons. The number of benzene rings is 3. The molecule has 31 heavy (non-hydrogen) atoms. The maximum atomic E-state index is 13.7. The first-order valence-corrected chi connectivity index (χ1v) is 9.98. The first-order valence-electron chi connectivity index (χ1n) is 9.98. The summed E-state index contributed by atoms with van der Waals surface area (Å²) >= 11 is 0. The second-order valence-corrected chi connectivity index (χ2v) is 7.88. The Kier molecular flexibility index (Phi) is 3.47. The van der Waals surface area contributed by atoms with Gasteiger partial charge in [0.25, 0.3) is 0 Å². The highest BCUT2D eigenvalue weighted by molar-refractivity contribution is 6.19. The van der Waals surface area contributed by atoms with Crippen LogP contribution in [0.1, 0.15) is 11.4 Å². The summed E-state index contributed by atoms with van der Waals surface area (Å²) in [6.07, 6.45) is -4.53. The zero-order chi connectivity index (χ0) is 21.5. The normalized spacial score (nSPS) is 12.7. The average Bonchev–Trinajstić information content (AvgIpc) is 3.24. The summed E-state index contributed by atoms with van der Waals surface area (Å²) in [4.78, 5) is 0. The minimum atomic E-state index is -4.53. The van der Waals surface area contributed by atoms with E-state index < -0.39 is 11.9 Å². The molecule has 3 aromatic carbocycles. The van der Waals surface area contributed by atoms with E-state index in [1.54, 1.807) is 25.2 Å². The number of halogens is 3. The van der Waals surface area contributed by atoms with Crippen LogP contribution in [-0.2, 0) is 13.2 Å². The molecule has 0 atom stereocenters. The van der Waals surface area contributed by atoms with Crippen LogP contribution in [0.3, 0.4) is 0 Å². The molecule has 3 nitrogen and oxygen atoms in total. The molecule has 0 aliphatic heterocycles. The molecule has 3 aromatic heterocycles. The van der Waals surface area contributed by atoms with Gasteiger partial charge in [-0.05, 0) is 19.1 Å². The molecule has 0 saturated heterocycles. The molecule has 0 saturated carbocycles. The van der Waals surface area contributed by atoms with Gasteiger partial charge in [0.1, 0.15) is 0 Å². The predicted molar refractivity (Wildman–Crippen MR) is 115 cm³/mol. The number of aromatic nitrogens is 3. The molecule has 3 heterocycles. The van der Waals surface area contributed by atoms with Crippen molar-refractivity contribution in [2.75, 3.05) is 0 Å². The lowest BCUT2D eigenvalue weighted by Gasteiger charge is -2.10. The topological polar surface area (TPSA) is 21.2 Å². The van der Waals surface area contributed by atoms with Gasteiger partial charge in [0.2, 0.25) is 11.4 Å². The first-order chi connectivity index (χ1) is 14.9. The summed E-state index contributed by atoms with van der Waals surface area (Å²) in [5.41, 5.74) is 3.88. The van der Waals surface area contributed by atoms with Crippen LogP contribution in [0.25, 0.3) is 49.2 Å². The Labute approximate surface area is 175 Å². The molecule has 6 heteroatoms. The smallest absolute Gasteiger partial charge is 0.312 e. The van der Waals surface area contributed by atoms with E-state index in [-0.39, 0.29) is 5.39 Å². The molecule has 0 aliphatic carbocycles. The van der Waals surface area contributed by atoms with Crippen molar-refractivity contribution < 1.29 is 17.9 Å². The fourth-order valence-corrected chi connectivity index (χ4v) is 5.00. The fraction of sp³-hybridized carbons (Fsp3) is 0.120. The van der Waals surface area contributed by atoms with Gasteiger partial charge in [-0.1, -0.05) is 59.3 Å². The summed E-state index contributed by atoms with van der Waals surface area (Å²) in [5.74, 6) is 0. The third-order valence-corrected chi connectivity index (χ3v) is 6.18. The average molecular weight is 416 g/mol. The van der Waals surface area contributed by atoms with Crippen molar-refractivity contribution in [2.45, 2.75) is 13.1 Å². The van der Waals surface area contributed by atoms with Crippen molar-refractivity contribution in [1.82, 2.24) is 9.50 Å². The highest BCUT2D eigenvalue weighted by Crippen LogP contribution is 2.43. The van der Waals surface area contributed by atoms with Crippen molar-refractivity contribution in [3.8, 4) is 11.3 Å².